The van der Waals surface area contributed by atoms with E-state index >= 15 is 0 Å². The quantitative estimate of drug-likeness (QED) is 0.381. The monoisotopic (exact) mass is 159 g/mol. The fraction of sp³-hybridized carbons (Fsp3) is 1.00. The third-order valence-electron chi connectivity index (χ3n) is 0.136. The Morgan fingerprint density at radius 3 is 2.00 bits per heavy atom. The van der Waals surface area contributed by atoms with Crippen molar-refractivity contribution in [3.05, 3.63) is 0 Å². The van der Waals surface area contributed by atoms with Gasteiger partial charge in [-0.2, -0.15) is 0 Å². The first-order chi connectivity index (χ1) is 2.27. The molecule has 0 aliphatic heterocycles. The van der Waals surface area contributed by atoms with E-state index in [4.69, 9.17) is 8.76 Å². The van der Waals surface area contributed by atoms with Crippen LogP contribution in [0.15, 0.2) is 0 Å². The van der Waals surface area contributed by atoms with Gasteiger partial charge in [0.05, 0.1) is 18.5 Å². The fourth-order valence-corrected chi connectivity index (χ4v) is 0. The second kappa shape index (κ2) is 5.69. The summed E-state index contributed by atoms with van der Waals surface area (Å²) in [5.74, 6) is 0. The molecule has 34 valence electrons. The summed E-state index contributed by atoms with van der Waals surface area (Å²) in [4.78, 5) is 0. The summed E-state index contributed by atoms with van der Waals surface area (Å²) in [5.41, 5.74) is 0. The van der Waals surface area contributed by atoms with Gasteiger partial charge in [0, 0.05) is 19.5 Å². The Labute approximate surface area is 51.3 Å². The van der Waals surface area contributed by atoms with Crippen molar-refractivity contribution in [1.82, 2.24) is 0 Å². The van der Waals surface area contributed by atoms with Crippen LogP contribution in [0.25, 0.3) is 0 Å². The Balaban J connectivity index is 0. The second-order valence-electron chi connectivity index (χ2n) is 0.371. The minimum atomic E-state index is -2.32. The van der Waals surface area contributed by atoms with Gasteiger partial charge in [-0.3, -0.25) is 0 Å². The molecule has 0 heterocycles. The molecule has 0 N–H and O–H groups in total. The molecule has 5 heteroatoms. The van der Waals surface area contributed by atoms with E-state index in [0.717, 1.165) is 7.11 Å². The zero-order chi connectivity index (χ0) is 4.28. The summed E-state index contributed by atoms with van der Waals surface area (Å²) in [6.45, 7) is 0. The normalized spacial score (nSPS) is 12.3. The summed E-state index contributed by atoms with van der Waals surface area (Å²) >= 11 is -2.32. The van der Waals surface area contributed by atoms with Crippen LogP contribution in [0.2, 0.25) is 0 Å². The summed E-state index contributed by atoms with van der Waals surface area (Å²) < 4.78 is 22.0. The summed E-state index contributed by atoms with van der Waals surface area (Å²) in [6, 6.07) is 0. The second-order valence-corrected chi connectivity index (χ2v) is 1.11. The molecule has 1 atom stereocenters. The van der Waals surface area contributed by atoms with Crippen LogP contribution in [0.5, 0.6) is 0 Å². The maximum Gasteiger partial charge on any atom is 0.0839 e. The van der Waals surface area contributed by atoms with E-state index in [1.807, 2.05) is 0 Å². The molecule has 1 unspecified atom stereocenters. The largest absolute Gasteiger partial charge is 0.750 e. The van der Waals surface area contributed by atoms with E-state index < -0.39 is 11.4 Å². The van der Waals surface area contributed by atoms with Crippen molar-refractivity contribution in [2.45, 2.75) is 0 Å². The minimum absolute atomic E-state index is 0. The van der Waals surface area contributed by atoms with E-state index in [1.54, 1.807) is 0 Å². The molecule has 0 aromatic carbocycles. The Hall–Kier alpha value is 0.693. The van der Waals surface area contributed by atoms with E-state index in [0.29, 0.717) is 0 Å². The Morgan fingerprint density at radius 2 is 2.00 bits per heavy atom. The first-order valence-electron chi connectivity index (χ1n) is 0.908. The van der Waals surface area contributed by atoms with Gasteiger partial charge in [0.25, 0.3) is 0 Å². The van der Waals surface area contributed by atoms with Gasteiger partial charge < -0.3 is 8.74 Å². The van der Waals surface area contributed by atoms with E-state index in [-0.39, 0.29) is 19.5 Å². The zero-order valence-electron chi connectivity index (χ0n) is 3.34. The predicted octanol–water partition coefficient (Wildman–Crippen LogP) is -0.576. The third-order valence-corrected chi connectivity index (χ3v) is 0.408. The molecule has 0 amide bonds. The molecule has 0 saturated carbocycles. The summed E-state index contributed by atoms with van der Waals surface area (Å²) in [6.07, 6.45) is 0. The van der Waals surface area contributed by atoms with Crippen LogP contribution in [0.3, 0.4) is 0 Å². The molecule has 0 spiro atoms. The molecule has 0 fully saturated rings. The molecule has 0 radical (unpaired) electrons. The molecule has 0 aromatic rings. The molecule has 6 heavy (non-hydrogen) atoms. The van der Waals surface area contributed by atoms with E-state index in [2.05, 4.69) is 4.18 Å². The van der Waals surface area contributed by atoms with Crippen molar-refractivity contribution < 1.29 is 32.4 Å². The minimum Gasteiger partial charge on any atom is -0.750 e. The van der Waals surface area contributed by atoms with Crippen LogP contribution < -0.4 is 0 Å². The summed E-state index contributed by atoms with van der Waals surface area (Å²) in [5, 5.41) is 0. The Morgan fingerprint density at radius 1 is 1.83 bits per heavy atom. The standard InChI is InChI=1S/CH4O3S.Zn/c1-4-5(2)3;/h1H3,(H,2,3);/p-1. The van der Waals surface area contributed by atoms with Crippen LogP contribution in [-0.2, 0) is 35.0 Å². The molecule has 0 rings (SSSR count). The van der Waals surface area contributed by atoms with Crippen molar-refractivity contribution in [3.8, 4) is 0 Å². The van der Waals surface area contributed by atoms with Crippen LogP contribution in [0.1, 0.15) is 0 Å². The molecule has 0 aliphatic carbocycles. The predicted molar refractivity (Wildman–Crippen MR) is 15.9 cm³/mol. The molecule has 0 aromatic heterocycles. The van der Waals surface area contributed by atoms with Gasteiger partial charge >= 0.3 is 0 Å². The number of rotatable bonds is 1. The van der Waals surface area contributed by atoms with Gasteiger partial charge in [0.15, 0.2) is 0 Å². The zero-order valence-corrected chi connectivity index (χ0v) is 7.12. The average molecular weight is 160 g/mol. The maximum atomic E-state index is 9.15. The molecule has 0 bridgehead atoms. The van der Waals surface area contributed by atoms with Crippen molar-refractivity contribution in [2.24, 2.45) is 0 Å². The maximum absolute atomic E-state index is 9.15. The van der Waals surface area contributed by atoms with Crippen molar-refractivity contribution in [3.63, 3.8) is 0 Å². The first-order valence-corrected chi connectivity index (χ1v) is 1.91. The van der Waals surface area contributed by atoms with Gasteiger partial charge in [0.2, 0.25) is 0 Å². The first kappa shape index (κ1) is 9.85. The molecule has 0 saturated heterocycles. The topological polar surface area (TPSA) is 49.4 Å². The van der Waals surface area contributed by atoms with Gasteiger partial charge in [-0.25, -0.2) is 4.21 Å². The average Bonchev–Trinajstić information content (AvgIpc) is 1.38. The van der Waals surface area contributed by atoms with Crippen molar-refractivity contribution in [2.75, 3.05) is 7.11 Å². The van der Waals surface area contributed by atoms with Crippen LogP contribution >= 0.6 is 0 Å². The van der Waals surface area contributed by atoms with Crippen molar-refractivity contribution in [1.29, 1.82) is 0 Å². The van der Waals surface area contributed by atoms with Crippen LogP contribution in [0, 0.1) is 0 Å². The van der Waals surface area contributed by atoms with Crippen molar-refractivity contribution >= 4 is 11.4 Å². The fourth-order valence-electron chi connectivity index (χ4n) is 0. The third kappa shape index (κ3) is 8.83. The number of hydrogen-bond donors (Lipinski definition) is 0. The smallest absolute Gasteiger partial charge is 0.0839 e. The SMILES string of the molecule is COS(=O)[O-].[Zn]. The van der Waals surface area contributed by atoms with Gasteiger partial charge in [-0.15, -0.1) is 0 Å². The summed E-state index contributed by atoms with van der Waals surface area (Å²) in [7, 11) is 1.09. The molecular weight excluding hydrogens is 157 g/mol. The van der Waals surface area contributed by atoms with Crippen LogP contribution in [0.4, 0.5) is 0 Å². The molecular formula is CH3O3SZn-. The van der Waals surface area contributed by atoms with Gasteiger partial charge in [-0.05, 0) is 0 Å². The molecule has 0 aliphatic rings. The van der Waals surface area contributed by atoms with E-state index in [1.165, 1.54) is 0 Å². The Kier molecular flexibility index (Phi) is 9.35. The van der Waals surface area contributed by atoms with E-state index in [9.17, 15) is 0 Å². The van der Waals surface area contributed by atoms with Gasteiger partial charge in [0.1, 0.15) is 0 Å². The Bertz CT molecular complexity index is 46.1. The number of hydrogen-bond acceptors (Lipinski definition) is 3. The molecule has 3 nitrogen and oxygen atoms in total. The van der Waals surface area contributed by atoms with Crippen LogP contribution in [-0.4, -0.2) is 15.9 Å². The van der Waals surface area contributed by atoms with Gasteiger partial charge in [-0.1, -0.05) is 0 Å².